The molecule has 84 valence electrons. The van der Waals surface area contributed by atoms with Gasteiger partial charge in [-0.3, -0.25) is 4.90 Å². The molecule has 1 fully saturated rings. The van der Waals surface area contributed by atoms with Crippen LogP contribution in [0.4, 0.5) is 0 Å². The standard InChI is InChI=1S/C11H24N2O/c1-10-9-12-6-8-13(10)7-5-11(2,3)14-4/h10,12H,5-9H2,1-4H3/t10-/m0/s1. The molecule has 0 amide bonds. The molecule has 1 atom stereocenters. The minimum atomic E-state index is 0.0184. The number of nitrogens with zero attached hydrogens (tertiary/aromatic N) is 1. The number of piperazine rings is 1. The van der Waals surface area contributed by atoms with Crippen molar-refractivity contribution >= 4 is 0 Å². The van der Waals surface area contributed by atoms with Crippen LogP contribution in [0, 0.1) is 0 Å². The van der Waals surface area contributed by atoms with E-state index in [1.807, 2.05) is 0 Å². The van der Waals surface area contributed by atoms with Crippen LogP contribution in [0.15, 0.2) is 0 Å². The van der Waals surface area contributed by atoms with Crippen molar-refractivity contribution in [1.29, 1.82) is 0 Å². The zero-order chi connectivity index (χ0) is 10.6. The Hall–Kier alpha value is -0.120. The first-order chi connectivity index (χ1) is 6.55. The van der Waals surface area contributed by atoms with Gasteiger partial charge < -0.3 is 10.1 Å². The summed E-state index contributed by atoms with van der Waals surface area (Å²) in [7, 11) is 1.79. The molecule has 1 saturated heterocycles. The highest BCUT2D eigenvalue weighted by Gasteiger charge is 2.22. The van der Waals surface area contributed by atoms with Crippen LogP contribution in [-0.2, 0) is 4.74 Å². The Morgan fingerprint density at radius 1 is 1.50 bits per heavy atom. The van der Waals surface area contributed by atoms with Crippen LogP contribution in [0.5, 0.6) is 0 Å². The number of hydrogen-bond donors (Lipinski definition) is 1. The van der Waals surface area contributed by atoms with E-state index in [0.29, 0.717) is 6.04 Å². The van der Waals surface area contributed by atoms with Crippen LogP contribution in [0.25, 0.3) is 0 Å². The van der Waals surface area contributed by atoms with E-state index >= 15 is 0 Å². The van der Waals surface area contributed by atoms with Gasteiger partial charge in [0.25, 0.3) is 0 Å². The van der Waals surface area contributed by atoms with E-state index in [9.17, 15) is 0 Å². The Morgan fingerprint density at radius 3 is 2.79 bits per heavy atom. The Bertz CT molecular complexity index is 171. The predicted molar refractivity (Wildman–Crippen MR) is 59.6 cm³/mol. The Morgan fingerprint density at radius 2 is 2.21 bits per heavy atom. The normalized spacial score (nSPS) is 25.3. The van der Waals surface area contributed by atoms with Gasteiger partial charge in [0.15, 0.2) is 0 Å². The van der Waals surface area contributed by atoms with Gasteiger partial charge >= 0.3 is 0 Å². The first-order valence-electron chi connectivity index (χ1n) is 5.55. The lowest BCUT2D eigenvalue weighted by molar-refractivity contribution is 0.00294. The fraction of sp³-hybridized carbons (Fsp3) is 1.00. The van der Waals surface area contributed by atoms with Crippen LogP contribution < -0.4 is 5.32 Å². The first-order valence-corrected chi connectivity index (χ1v) is 5.55. The second-order valence-electron chi connectivity index (χ2n) is 4.80. The van der Waals surface area contributed by atoms with Gasteiger partial charge in [0.1, 0.15) is 0 Å². The van der Waals surface area contributed by atoms with Gasteiger partial charge in [-0.25, -0.2) is 0 Å². The molecular formula is C11H24N2O. The van der Waals surface area contributed by atoms with E-state index in [1.165, 1.54) is 6.54 Å². The van der Waals surface area contributed by atoms with Crippen molar-refractivity contribution in [3.05, 3.63) is 0 Å². The second-order valence-corrected chi connectivity index (χ2v) is 4.80. The number of methoxy groups -OCH3 is 1. The molecule has 3 nitrogen and oxygen atoms in total. The van der Waals surface area contributed by atoms with E-state index in [4.69, 9.17) is 4.74 Å². The summed E-state index contributed by atoms with van der Waals surface area (Å²) in [6, 6.07) is 0.663. The monoisotopic (exact) mass is 200 g/mol. The van der Waals surface area contributed by atoms with Crippen molar-refractivity contribution in [2.24, 2.45) is 0 Å². The van der Waals surface area contributed by atoms with Crippen molar-refractivity contribution in [2.75, 3.05) is 33.3 Å². The summed E-state index contributed by atoms with van der Waals surface area (Å²) in [5, 5.41) is 3.40. The SMILES string of the molecule is COC(C)(C)CCN1CCNC[C@@H]1C. The Kier molecular flexibility index (Phi) is 4.35. The van der Waals surface area contributed by atoms with Crippen LogP contribution in [-0.4, -0.2) is 49.8 Å². The maximum atomic E-state index is 5.42. The molecule has 0 saturated carbocycles. The third-order valence-electron chi connectivity index (χ3n) is 3.19. The van der Waals surface area contributed by atoms with E-state index < -0.39 is 0 Å². The van der Waals surface area contributed by atoms with Gasteiger partial charge in [-0.15, -0.1) is 0 Å². The summed E-state index contributed by atoms with van der Waals surface area (Å²) in [5.41, 5.74) is 0.0184. The molecule has 1 rings (SSSR count). The molecule has 0 bridgehead atoms. The van der Waals surface area contributed by atoms with Gasteiger partial charge in [0.05, 0.1) is 5.60 Å². The largest absolute Gasteiger partial charge is 0.379 e. The maximum absolute atomic E-state index is 5.42. The van der Waals surface area contributed by atoms with Crippen molar-refractivity contribution < 1.29 is 4.74 Å². The van der Waals surface area contributed by atoms with Crippen molar-refractivity contribution in [3.63, 3.8) is 0 Å². The lowest BCUT2D eigenvalue weighted by Gasteiger charge is -2.36. The quantitative estimate of drug-likeness (QED) is 0.735. The number of rotatable bonds is 4. The van der Waals surface area contributed by atoms with Gasteiger partial charge in [-0.2, -0.15) is 0 Å². The molecule has 1 aliphatic rings. The topological polar surface area (TPSA) is 24.5 Å². The van der Waals surface area contributed by atoms with Crippen LogP contribution in [0.3, 0.4) is 0 Å². The van der Waals surface area contributed by atoms with Crippen LogP contribution in [0.2, 0.25) is 0 Å². The average Bonchev–Trinajstić information content (AvgIpc) is 2.17. The molecule has 0 aliphatic carbocycles. The zero-order valence-corrected chi connectivity index (χ0v) is 9.97. The molecule has 1 N–H and O–H groups in total. The summed E-state index contributed by atoms with van der Waals surface area (Å²) >= 11 is 0. The van der Waals surface area contributed by atoms with E-state index in [-0.39, 0.29) is 5.60 Å². The van der Waals surface area contributed by atoms with Crippen molar-refractivity contribution in [2.45, 2.75) is 38.8 Å². The van der Waals surface area contributed by atoms with Gasteiger partial charge in [-0.1, -0.05) is 0 Å². The molecule has 0 radical (unpaired) electrons. The number of nitrogens with one attached hydrogen (secondary N) is 1. The molecule has 0 unspecified atom stereocenters. The Labute approximate surface area is 87.8 Å². The first kappa shape index (κ1) is 12.0. The lowest BCUT2D eigenvalue weighted by Crippen LogP contribution is -2.50. The summed E-state index contributed by atoms with van der Waals surface area (Å²) in [5.74, 6) is 0. The molecular weight excluding hydrogens is 176 g/mol. The van der Waals surface area contributed by atoms with Gasteiger partial charge in [-0.05, 0) is 27.2 Å². The number of hydrogen-bond acceptors (Lipinski definition) is 3. The highest BCUT2D eigenvalue weighted by atomic mass is 16.5. The molecule has 3 heteroatoms. The molecule has 0 aromatic carbocycles. The molecule has 0 aromatic heterocycles. The van der Waals surface area contributed by atoms with E-state index in [2.05, 4.69) is 31.0 Å². The van der Waals surface area contributed by atoms with Gasteiger partial charge in [0.2, 0.25) is 0 Å². The third kappa shape index (κ3) is 3.56. The molecule has 1 aliphatic heterocycles. The summed E-state index contributed by atoms with van der Waals surface area (Å²) in [6.07, 6.45) is 1.10. The molecule has 14 heavy (non-hydrogen) atoms. The predicted octanol–water partition coefficient (Wildman–Crippen LogP) is 1.10. The lowest BCUT2D eigenvalue weighted by atomic mass is 10.0. The Balaban J connectivity index is 2.29. The second kappa shape index (κ2) is 5.10. The van der Waals surface area contributed by atoms with Crippen LogP contribution >= 0.6 is 0 Å². The molecule has 1 heterocycles. The molecule has 0 spiro atoms. The smallest absolute Gasteiger partial charge is 0.0634 e. The average molecular weight is 200 g/mol. The fourth-order valence-electron chi connectivity index (χ4n) is 1.73. The minimum absolute atomic E-state index is 0.0184. The summed E-state index contributed by atoms with van der Waals surface area (Å²) < 4.78 is 5.42. The summed E-state index contributed by atoms with van der Waals surface area (Å²) in [6.45, 7) is 11.1. The van der Waals surface area contributed by atoms with Crippen molar-refractivity contribution in [1.82, 2.24) is 10.2 Å². The highest BCUT2D eigenvalue weighted by Crippen LogP contribution is 2.15. The minimum Gasteiger partial charge on any atom is -0.379 e. The molecule has 0 aromatic rings. The van der Waals surface area contributed by atoms with E-state index in [1.54, 1.807) is 7.11 Å². The maximum Gasteiger partial charge on any atom is 0.0634 e. The van der Waals surface area contributed by atoms with Gasteiger partial charge in [0, 0.05) is 39.3 Å². The van der Waals surface area contributed by atoms with E-state index in [0.717, 1.165) is 26.1 Å². The highest BCUT2D eigenvalue weighted by molar-refractivity contribution is 4.78. The fourth-order valence-corrected chi connectivity index (χ4v) is 1.73. The summed E-state index contributed by atoms with van der Waals surface area (Å²) in [4.78, 5) is 2.54. The zero-order valence-electron chi connectivity index (χ0n) is 9.97. The van der Waals surface area contributed by atoms with Crippen molar-refractivity contribution in [3.8, 4) is 0 Å². The third-order valence-corrected chi connectivity index (χ3v) is 3.19. The van der Waals surface area contributed by atoms with Crippen LogP contribution in [0.1, 0.15) is 27.2 Å². The number of ether oxygens (including phenoxy) is 1.